The highest BCUT2D eigenvalue weighted by Crippen LogP contribution is 2.19. The lowest BCUT2D eigenvalue weighted by Crippen LogP contribution is -2.08. The molecule has 0 aromatic heterocycles. The first-order chi connectivity index (χ1) is 13.0. The van der Waals surface area contributed by atoms with Crippen molar-refractivity contribution < 1.29 is 14.5 Å². The zero-order valence-electron chi connectivity index (χ0n) is 13.9. The number of nitrogens with zero attached hydrogens (tertiary/aromatic N) is 2. The summed E-state index contributed by atoms with van der Waals surface area (Å²) < 4.78 is 6.24. The molecule has 0 spiro atoms. The van der Waals surface area contributed by atoms with E-state index >= 15 is 0 Å². The standard InChI is InChI=1S/C20H13BrN2O4/c21-16-6-8-17(9-7-16)22-13-14-4-10-19(11-5-14)27-20(24)15-2-1-3-18(12-15)23(25)26/h1-13H. The van der Waals surface area contributed by atoms with E-state index in [-0.39, 0.29) is 11.3 Å². The number of nitro benzene ring substituents is 1. The van der Waals surface area contributed by atoms with Crippen LogP contribution in [0.25, 0.3) is 0 Å². The molecule has 134 valence electrons. The molecule has 3 aromatic rings. The normalized spacial score (nSPS) is 10.7. The van der Waals surface area contributed by atoms with Crippen LogP contribution in [0.2, 0.25) is 0 Å². The highest BCUT2D eigenvalue weighted by molar-refractivity contribution is 9.10. The van der Waals surface area contributed by atoms with Gasteiger partial charge in [-0.15, -0.1) is 0 Å². The van der Waals surface area contributed by atoms with E-state index in [0.29, 0.717) is 5.75 Å². The molecule has 0 bridgehead atoms. The minimum Gasteiger partial charge on any atom is -0.423 e. The predicted octanol–water partition coefficient (Wildman–Crippen LogP) is 5.33. The maximum absolute atomic E-state index is 12.1. The van der Waals surface area contributed by atoms with Crippen LogP contribution in [0.4, 0.5) is 11.4 Å². The third-order valence-electron chi connectivity index (χ3n) is 3.57. The first-order valence-electron chi connectivity index (χ1n) is 7.87. The van der Waals surface area contributed by atoms with Crippen molar-refractivity contribution in [3.05, 3.63) is 98.5 Å². The Bertz CT molecular complexity index is 999. The van der Waals surface area contributed by atoms with Gasteiger partial charge < -0.3 is 4.74 Å². The highest BCUT2D eigenvalue weighted by Gasteiger charge is 2.13. The Hall–Kier alpha value is -3.32. The second-order valence-electron chi connectivity index (χ2n) is 5.50. The first-order valence-corrected chi connectivity index (χ1v) is 8.67. The summed E-state index contributed by atoms with van der Waals surface area (Å²) in [6, 6.07) is 19.8. The average Bonchev–Trinajstić information content (AvgIpc) is 2.68. The summed E-state index contributed by atoms with van der Waals surface area (Å²) in [4.78, 5) is 26.7. The Morgan fingerprint density at radius 2 is 1.74 bits per heavy atom. The van der Waals surface area contributed by atoms with Crippen LogP contribution >= 0.6 is 15.9 Å². The number of hydrogen-bond acceptors (Lipinski definition) is 5. The SMILES string of the molecule is O=C(Oc1ccc(C=Nc2ccc(Br)cc2)cc1)c1cccc([N+](=O)[O-])c1. The fraction of sp³-hybridized carbons (Fsp3) is 0. The largest absolute Gasteiger partial charge is 0.423 e. The minimum absolute atomic E-state index is 0.116. The van der Waals surface area contributed by atoms with Gasteiger partial charge in [0.2, 0.25) is 0 Å². The van der Waals surface area contributed by atoms with Crippen LogP contribution in [0.1, 0.15) is 15.9 Å². The Morgan fingerprint density at radius 1 is 1.04 bits per heavy atom. The summed E-state index contributed by atoms with van der Waals surface area (Å²) in [6.45, 7) is 0. The van der Waals surface area contributed by atoms with E-state index in [1.54, 1.807) is 30.5 Å². The number of carbonyl (C=O) groups excluding carboxylic acids is 1. The Labute approximate surface area is 163 Å². The van der Waals surface area contributed by atoms with Gasteiger partial charge in [-0.2, -0.15) is 0 Å². The molecule has 3 aromatic carbocycles. The molecule has 0 radical (unpaired) electrons. The zero-order chi connectivity index (χ0) is 19.2. The van der Waals surface area contributed by atoms with Crippen LogP contribution in [-0.2, 0) is 0 Å². The van der Waals surface area contributed by atoms with Gasteiger partial charge in [0.05, 0.1) is 16.2 Å². The van der Waals surface area contributed by atoms with Gasteiger partial charge in [0.25, 0.3) is 5.69 Å². The van der Waals surface area contributed by atoms with Gasteiger partial charge in [0.15, 0.2) is 0 Å². The molecule has 0 saturated carbocycles. The van der Waals surface area contributed by atoms with Gasteiger partial charge in [-0.3, -0.25) is 15.1 Å². The number of nitro groups is 1. The van der Waals surface area contributed by atoms with Crippen LogP contribution in [0, 0.1) is 10.1 Å². The number of non-ortho nitro benzene ring substituents is 1. The molecule has 0 unspecified atom stereocenters. The van der Waals surface area contributed by atoms with E-state index in [4.69, 9.17) is 4.74 Å². The van der Waals surface area contributed by atoms with Gasteiger partial charge in [-0.05, 0) is 60.2 Å². The maximum Gasteiger partial charge on any atom is 0.343 e. The van der Waals surface area contributed by atoms with Crippen molar-refractivity contribution in [2.75, 3.05) is 0 Å². The number of aliphatic imine (C=N–C) groups is 1. The predicted molar refractivity (Wildman–Crippen MR) is 106 cm³/mol. The van der Waals surface area contributed by atoms with Crippen LogP contribution in [-0.4, -0.2) is 17.1 Å². The summed E-state index contributed by atoms with van der Waals surface area (Å²) in [7, 11) is 0. The first kappa shape index (κ1) is 18.5. The highest BCUT2D eigenvalue weighted by atomic mass is 79.9. The molecular weight excluding hydrogens is 412 g/mol. The fourth-order valence-corrected chi connectivity index (χ4v) is 2.47. The lowest BCUT2D eigenvalue weighted by Gasteiger charge is -2.04. The second kappa shape index (κ2) is 8.37. The van der Waals surface area contributed by atoms with Crippen molar-refractivity contribution in [1.82, 2.24) is 0 Å². The molecule has 0 atom stereocenters. The molecule has 0 heterocycles. The second-order valence-corrected chi connectivity index (χ2v) is 6.42. The molecule has 7 heteroatoms. The van der Waals surface area contributed by atoms with E-state index in [1.807, 2.05) is 24.3 Å². The number of esters is 1. The summed E-state index contributed by atoms with van der Waals surface area (Å²) in [6.07, 6.45) is 1.70. The average molecular weight is 425 g/mol. The molecule has 0 saturated heterocycles. The molecule has 0 amide bonds. The Morgan fingerprint density at radius 3 is 2.41 bits per heavy atom. The zero-order valence-corrected chi connectivity index (χ0v) is 15.5. The molecule has 0 aliphatic rings. The Kier molecular flexibility index (Phi) is 5.73. The van der Waals surface area contributed by atoms with E-state index in [0.717, 1.165) is 15.7 Å². The quantitative estimate of drug-likeness (QED) is 0.182. The lowest BCUT2D eigenvalue weighted by atomic mass is 10.2. The van der Waals surface area contributed by atoms with E-state index < -0.39 is 10.9 Å². The smallest absolute Gasteiger partial charge is 0.343 e. The number of carbonyl (C=O) groups is 1. The fourth-order valence-electron chi connectivity index (χ4n) is 2.21. The Balaban J connectivity index is 1.66. The van der Waals surface area contributed by atoms with Crippen molar-refractivity contribution in [2.45, 2.75) is 0 Å². The van der Waals surface area contributed by atoms with E-state index in [2.05, 4.69) is 20.9 Å². The molecular formula is C20H13BrN2O4. The molecule has 0 aliphatic heterocycles. The molecule has 27 heavy (non-hydrogen) atoms. The molecule has 0 aliphatic carbocycles. The number of hydrogen-bond donors (Lipinski definition) is 0. The van der Waals surface area contributed by atoms with Crippen molar-refractivity contribution >= 4 is 39.5 Å². The van der Waals surface area contributed by atoms with Crippen molar-refractivity contribution in [1.29, 1.82) is 0 Å². The summed E-state index contributed by atoms with van der Waals surface area (Å²) in [5.41, 5.74) is 1.61. The van der Waals surface area contributed by atoms with Gasteiger partial charge in [-0.1, -0.05) is 22.0 Å². The van der Waals surface area contributed by atoms with Crippen molar-refractivity contribution in [3.8, 4) is 5.75 Å². The maximum atomic E-state index is 12.1. The topological polar surface area (TPSA) is 81.8 Å². The van der Waals surface area contributed by atoms with Crippen LogP contribution in [0.15, 0.2) is 82.3 Å². The molecule has 0 N–H and O–H groups in total. The number of halogens is 1. The number of rotatable bonds is 5. The van der Waals surface area contributed by atoms with E-state index in [1.165, 1.54) is 24.3 Å². The number of benzene rings is 3. The monoisotopic (exact) mass is 424 g/mol. The third-order valence-corrected chi connectivity index (χ3v) is 4.10. The van der Waals surface area contributed by atoms with E-state index in [9.17, 15) is 14.9 Å². The van der Waals surface area contributed by atoms with Gasteiger partial charge in [-0.25, -0.2) is 4.79 Å². The summed E-state index contributed by atoms with van der Waals surface area (Å²) in [5, 5.41) is 10.8. The van der Waals surface area contributed by atoms with Gasteiger partial charge in [0.1, 0.15) is 5.75 Å². The number of ether oxygens (including phenoxy) is 1. The van der Waals surface area contributed by atoms with Crippen LogP contribution in [0.3, 0.4) is 0 Å². The summed E-state index contributed by atoms with van der Waals surface area (Å²) >= 11 is 3.37. The lowest BCUT2D eigenvalue weighted by molar-refractivity contribution is -0.384. The molecule has 0 fully saturated rings. The van der Waals surface area contributed by atoms with Gasteiger partial charge in [0, 0.05) is 22.8 Å². The molecule has 3 rings (SSSR count). The van der Waals surface area contributed by atoms with Crippen LogP contribution < -0.4 is 4.74 Å². The third kappa shape index (κ3) is 5.08. The summed E-state index contributed by atoms with van der Waals surface area (Å²) in [5.74, 6) is -0.317. The van der Waals surface area contributed by atoms with Crippen molar-refractivity contribution in [3.63, 3.8) is 0 Å². The van der Waals surface area contributed by atoms with Crippen molar-refractivity contribution in [2.24, 2.45) is 4.99 Å². The van der Waals surface area contributed by atoms with Crippen LogP contribution in [0.5, 0.6) is 5.75 Å². The minimum atomic E-state index is -0.657. The van der Waals surface area contributed by atoms with Gasteiger partial charge >= 0.3 is 5.97 Å². The molecule has 6 nitrogen and oxygen atoms in total.